The molecule has 4 aromatic rings. The van der Waals surface area contributed by atoms with Crippen molar-refractivity contribution in [1.29, 1.82) is 0 Å². The quantitative estimate of drug-likeness (QED) is 0.504. The average molecular weight is 388 g/mol. The van der Waals surface area contributed by atoms with Crippen molar-refractivity contribution in [1.82, 2.24) is 9.88 Å². The van der Waals surface area contributed by atoms with Crippen LogP contribution in [0.4, 0.5) is 5.69 Å². The van der Waals surface area contributed by atoms with E-state index in [9.17, 15) is 4.79 Å². The molecule has 5 heteroatoms. The Morgan fingerprint density at radius 2 is 1.75 bits per heavy atom. The van der Waals surface area contributed by atoms with Gasteiger partial charge in [-0.3, -0.25) is 9.69 Å². The Kier molecular flexibility index (Phi) is 5.46. The lowest BCUT2D eigenvalue weighted by Gasteiger charge is -2.15. The lowest BCUT2D eigenvalue weighted by molar-refractivity contribution is -0.117. The molecule has 0 radical (unpaired) electrons. The highest BCUT2D eigenvalue weighted by molar-refractivity contribution is 7.13. The minimum absolute atomic E-state index is 0.0302. The number of hydrogen-bond acceptors (Lipinski definition) is 4. The summed E-state index contributed by atoms with van der Waals surface area (Å²) in [5.41, 5.74) is 2.94. The molecule has 1 heterocycles. The van der Waals surface area contributed by atoms with Gasteiger partial charge in [-0.05, 0) is 18.5 Å². The van der Waals surface area contributed by atoms with Crippen molar-refractivity contribution >= 4 is 33.7 Å². The third-order valence-electron chi connectivity index (χ3n) is 4.48. The maximum Gasteiger partial charge on any atom is 0.238 e. The van der Waals surface area contributed by atoms with Crippen LogP contribution in [0.25, 0.3) is 21.3 Å². The number of rotatable bonds is 6. The van der Waals surface area contributed by atoms with Crippen LogP contribution in [-0.2, 0) is 11.3 Å². The van der Waals surface area contributed by atoms with Gasteiger partial charge in [-0.2, -0.15) is 0 Å². The lowest BCUT2D eigenvalue weighted by atomic mass is 10.1. The Morgan fingerprint density at radius 3 is 2.61 bits per heavy atom. The van der Waals surface area contributed by atoms with Gasteiger partial charge < -0.3 is 5.32 Å². The third kappa shape index (κ3) is 4.27. The number of benzene rings is 3. The number of aromatic nitrogens is 1. The number of hydrogen-bond donors (Lipinski definition) is 1. The van der Waals surface area contributed by atoms with E-state index in [1.54, 1.807) is 11.3 Å². The Labute approximate surface area is 168 Å². The Morgan fingerprint density at radius 1 is 1.00 bits per heavy atom. The van der Waals surface area contributed by atoms with Crippen molar-refractivity contribution in [2.75, 3.05) is 18.9 Å². The van der Waals surface area contributed by atoms with Crippen molar-refractivity contribution < 1.29 is 4.79 Å². The van der Waals surface area contributed by atoms with Crippen LogP contribution in [0.1, 0.15) is 5.69 Å². The molecule has 1 amide bonds. The SMILES string of the molecule is CN(CC(=O)Nc1cccc2ccccc12)Cc1csc(-c2ccccc2)n1. The summed E-state index contributed by atoms with van der Waals surface area (Å²) in [7, 11) is 1.93. The summed E-state index contributed by atoms with van der Waals surface area (Å²) in [4.78, 5) is 19.2. The molecule has 0 bridgehead atoms. The summed E-state index contributed by atoms with van der Waals surface area (Å²) >= 11 is 1.63. The van der Waals surface area contributed by atoms with Gasteiger partial charge in [0.2, 0.25) is 5.91 Å². The first-order chi connectivity index (χ1) is 13.7. The molecule has 140 valence electrons. The van der Waals surface area contributed by atoms with Crippen molar-refractivity contribution in [2.24, 2.45) is 0 Å². The molecule has 28 heavy (non-hydrogen) atoms. The fourth-order valence-corrected chi connectivity index (χ4v) is 4.01. The molecule has 4 rings (SSSR count). The molecule has 0 aliphatic carbocycles. The molecule has 0 unspecified atom stereocenters. The van der Waals surface area contributed by atoms with Crippen LogP contribution in [0, 0.1) is 0 Å². The summed E-state index contributed by atoms with van der Waals surface area (Å²) in [6.07, 6.45) is 0. The highest BCUT2D eigenvalue weighted by Crippen LogP contribution is 2.24. The van der Waals surface area contributed by atoms with Gasteiger partial charge in [-0.1, -0.05) is 66.7 Å². The van der Waals surface area contributed by atoms with Crippen LogP contribution in [0.15, 0.2) is 78.2 Å². The molecular weight excluding hydrogens is 366 g/mol. The van der Waals surface area contributed by atoms with Crippen molar-refractivity contribution in [3.05, 3.63) is 83.9 Å². The van der Waals surface area contributed by atoms with Gasteiger partial charge in [0.1, 0.15) is 5.01 Å². The molecule has 0 saturated heterocycles. The second-order valence-electron chi connectivity index (χ2n) is 6.76. The molecule has 4 nitrogen and oxygen atoms in total. The summed E-state index contributed by atoms with van der Waals surface area (Å²) in [6.45, 7) is 0.938. The number of nitrogens with zero attached hydrogens (tertiary/aromatic N) is 2. The Bertz CT molecular complexity index is 1090. The van der Waals surface area contributed by atoms with Gasteiger partial charge in [-0.25, -0.2) is 4.98 Å². The van der Waals surface area contributed by atoms with Crippen LogP contribution >= 0.6 is 11.3 Å². The first-order valence-electron chi connectivity index (χ1n) is 9.15. The second-order valence-corrected chi connectivity index (χ2v) is 7.62. The fourth-order valence-electron chi connectivity index (χ4n) is 3.19. The fraction of sp³-hybridized carbons (Fsp3) is 0.130. The third-order valence-corrected chi connectivity index (χ3v) is 5.42. The number of carbonyl (C=O) groups is 1. The molecule has 1 N–H and O–H groups in total. The predicted molar refractivity (Wildman–Crippen MR) is 116 cm³/mol. The topological polar surface area (TPSA) is 45.2 Å². The highest BCUT2D eigenvalue weighted by Gasteiger charge is 2.11. The van der Waals surface area contributed by atoms with E-state index >= 15 is 0 Å². The standard InChI is InChI=1S/C23H21N3OS/c1-26(14-19-16-28-23(24-19)18-9-3-2-4-10-18)15-22(27)25-21-13-7-11-17-8-5-6-12-20(17)21/h2-13,16H,14-15H2,1H3,(H,25,27). The molecule has 0 spiro atoms. The van der Waals surface area contributed by atoms with Crippen LogP contribution in [-0.4, -0.2) is 29.4 Å². The molecule has 3 aromatic carbocycles. The lowest BCUT2D eigenvalue weighted by Crippen LogP contribution is -2.30. The number of thiazole rings is 1. The van der Waals surface area contributed by atoms with Crippen molar-refractivity contribution in [2.45, 2.75) is 6.54 Å². The number of likely N-dealkylation sites (N-methyl/N-ethyl adjacent to an activating group) is 1. The number of anilines is 1. The number of fused-ring (bicyclic) bond motifs is 1. The van der Waals surface area contributed by atoms with Gasteiger partial charge in [0.25, 0.3) is 0 Å². The van der Waals surface area contributed by atoms with E-state index in [4.69, 9.17) is 4.98 Å². The van der Waals surface area contributed by atoms with Gasteiger partial charge in [0.05, 0.1) is 12.2 Å². The minimum atomic E-state index is -0.0302. The molecule has 0 aliphatic rings. The predicted octanol–water partition coefficient (Wildman–Crippen LogP) is 5.03. The zero-order valence-electron chi connectivity index (χ0n) is 15.6. The van der Waals surface area contributed by atoms with Crippen LogP contribution in [0.3, 0.4) is 0 Å². The smallest absolute Gasteiger partial charge is 0.238 e. The molecule has 0 saturated carbocycles. The summed E-state index contributed by atoms with van der Waals surface area (Å²) < 4.78 is 0. The van der Waals surface area contributed by atoms with E-state index in [0.29, 0.717) is 13.1 Å². The summed E-state index contributed by atoms with van der Waals surface area (Å²) in [5.74, 6) is -0.0302. The number of carbonyl (C=O) groups excluding carboxylic acids is 1. The van der Waals surface area contributed by atoms with Gasteiger partial charge >= 0.3 is 0 Å². The van der Waals surface area contributed by atoms with Gasteiger partial charge in [0.15, 0.2) is 0 Å². The minimum Gasteiger partial charge on any atom is -0.324 e. The molecule has 0 fully saturated rings. The van der Waals surface area contributed by atoms with Crippen LogP contribution in [0.2, 0.25) is 0 Å². The van der Waals surface area contributed by atoms with Crippen molar-refractivity contribution in [3.63, 3.8) is 0 Å². The van der Waals surface area contributed by atoms with E-state index in [0.717, 1.165) is 32.7 Å². The van der Waals surface area contributed by atoms with Gasteiger partial charge in [0, 0.05) is 28.6 Å². The summed E-state index contributed by atoms with van der Waals surface area (Å²) in [6, 6.07) is 24.1. The molecule has 1 aromatic heterocycles. The van der Waals surface area contributed by atoms with E-state index in [2.05, 4.69) is 22.8 Å². The first-order valence-corrected chi connectivity index (χ1v) is 10.0. The largest absolute Gasteiger partial charge is 0.324 e. The molecule has 0 aliphatic heterocycles. The van der Waals surface area contributed by atoms with E-state index < -0.39 is 0 Å². The first kappa shape index (κ1) is 18.3. The Hall–Kier alpha value is -3.02. The Balaban J connectivity index is 1.38. The van der Waals surface area contributed by atoms with E-state index in [1.807, 2.05) is 72.6 Å². The van der Waals surface area contributed by atoms with Crippen molar-refractivity contribution in [3.8, 4) is 10.6 Å². The summed E-state index contributed by atoms with van der Waals surface area (Å²) in [5, 5.41) is 8.26. The number of amides is 1. The average Bonchev–Trinajstić information content (AvgIpc) is 3.17. The zero-order valence-corrected chi connectivity index (χ0v) is 16.4. The van der Waals surface area contributed by atoms with Crippen LogP contribution in [0.5, 0.6) is 0 Å². The normalized spacial score (nSPS) is 11.1. The monoisotopic (exact) mass is 387 g/mol. The second kappa shape index (κ2) is 8.33. The van der Waals surface area contributed by atoms with E-state index in [-0.39, 0.29) is 5.91 Å². The maximum absolute atomic E-state index is 12.5. The van der Waals surface area contributed by atoms with E-state index in [1.165, 1.54) is 0 Å². The highest BCUT2D eigenvalue weighted by atomic mass is 32.1. The zero-order chi connectivity index (χ0) is 19.3. The molecule has 0 atom stereocenters. The number of nitrogens with one attached hydrogen (secondary N) is 1. The van der Waals surface area contributed by atoms with Gasteiger partial charge in [-0.15, -0.1) is 11.3 Å². The van der Waals surface area contributed by atoms with Crippen LogP contribution < -0.4 is 5.32 Å². The molecular formula is C23H21N3OS. The maximum atomic E-state index is 12.5.